The number of aliphatic hydroxyl groups is 1. The zero-order valence-corrected chi connectivity index (χ0v) is 10.4. The Bertz CT molecular complexity index is 524. The summed E-state index contributed by atoms with van der Waals surface area (Å²) in [6.07, 6.45) is 3.28. The van der Waals surface area contributed by atoms with Crippen LogP contribution in [0.5, 0.6) is 0 Å². The van der Waals surface area contributed by atoms with Crippen molar-refractivity contribution in [3.05, 3.63) is 33.9 Å². The van der Waals surface area contributed by atoms with Crippen molar-refractivity contribution in [1.82, 2.24) is 0 Å². The molecule has 0 aromatic heterocycles. The highest BCUT2D eigenvalue weighted by Gasteiger charge is 2.23. The molecule has 1 fully saturated rings. The van der Waals surface area contributed by atoms with E-state index in [-0.39, 0.29) is 17.3 Å². The summed E-state index contributed by atoms with van der Waals surface area (Å²) in [6, 6.07) is 6.11. The summed E-state index contributed by atoms with van der Waals surface area (Å²) in [6.45, 7) is 0. The Hall–Kier alpha value is -2.13. The Morgan fingerprint density at radius 1 is 1.42 bits per heavy atom. The van der Waals surface area contributed by atoms with Gasteiger partial charge in [0.15, 0.2) is 0 Å². The molecule has 0 amide bonds. The van der Waals surface area contributed by atoms with Crippen LogP contribution in [0.1, 0.15) is 31.2 Å². The van der Waals surface area contributed by atoms with Gasteiger partial charge in [-0.25, -0.2) is 0 Å². The number of hydrogen-bond acceptors (Lipinski definition) is 5. The van der Waals surface area contributed by atoms with E-state index in [0.717, 1.165) is 25.7 Å². The van der Waals surface area contributed by atoms with E-state index in [1.54, 1.807) is 6.07 Å². The Morgan fingerprint density at radius 3 is 2.79 bits per heavy atom. The maximum Gasteiger partial charge on any atom is 0.287 e. The van der Waals surface area contributed by atoms with E-state index in [1.807, 2.05) is 6.07 Å². The van der Waals surface area contributed by atoms with E-state index in [0.29, 0.717) is 5.69 Å². The third kappa shape index (κ3) is 3.01. The van der Waals surface area contributed by atoms with Crippen molar-refractivity contribution in [1.29, 1.82) is 5.26 Å². The summed E-state index contributed by atoms with van der Waals surface area (Å²) >= 11 is 0. The molecule has 6 nitrogen and oxygen atoms in total. The lowest BCUT2D eigenvalue weighted by Gasteiger charge is -2.29. The van der Waals surface area contributed by atoms with Crippen molar-refractivity contribution >= 4 is 11.4 Å². The predicted octanol–water partition coefficient (Wildman–Crippen LogP) is 2.18. The van der Waals surface area contributed by atoms with Crippen LogP contribution in [0, 0.1) is 21.4 Å². The first-order valence-electron chi connectivity index (χ1n) is 6.25. The molecular formula is C13H15N3O3. The molecule has 1 saturated carbocycles. The van der Waals surface area contributed by atoms with E-state index in [4.69, 9.17) is 5.26 Å². The fourth-order valence-electron chi connectivity index (χ4n) is 2.37. The molecule has 0 bridgehead atoms. The maximum atomic E-state index is 10.7. The van der Waals surface area contributed by atoms with E-state index >= 15 is 0 Å². The molecule has 100 valence electrons. The van der Waals surface area contributed by atoms with Crippen LogP contribution in [-0.2, 0) is 0 Å². The fraction of sp³-hybridized carbons (Fsp3) is 0.462. The number of hydrogen-bond donors (Lipinski definition) is 2. The molecule has 0 aliphatic heterocycles. The molecule has 1 aromatic rings. The van der Waals surface area contributed by atoms with Crippen molar-refractivity contribution in [3.63, 3.8) is 0 Å². The van der Waals surface area contributed by atoms with Crippen LogP contribution in [0.15, 0.2) is 18.2 Å². The fourth-order valence-corrected chi connectivity index (χ4v) is 2.37. The lowest BCUT2D eigenvalue weighted by Crippen LogP contribution is -2.36. The Balaban J connectivity index is 2.17. The van der Waals surface area contributed by atoms with Crippen molar-refractivity contribution in [2.75, 3.05) is 5.32 Å². The molecule has 1 aromatic carbocycles. The third-order valence-electron chi connectivity index (χ3n) is 3.40. The van der Waals surface area contributed by atoms with Crippen LogP contribution in [0.3, 0.4) is 0 Å². The van der Waals surface area contributed by atoms with Gasteiger partial charge in [-0.1, -0.05) is 12.8 Å². The van der Waals surface area contributed by atoms with E-state index in [2.05, 4.69) is 5.32 Å². The van der Waals surface area contributed by atoms with Crippen molar-refractivity contribution < 1.29 is 10.0 Å². The van der Waals surface area contributed by atoms with Crippen molar-refractivity contribution in [2.45, 2.75) is 37.8 Å². The molecule has 0 saturated heterocycles. The molecule has 2 atom stereocenters. The lowest BCUT2D eigenvalue weighted by atomic mass is 9.92. The number of nitro benzene ring substituents is 1. The average molecular weight is 261 g/mol. The van der Waals surface area contributed by atoms with Crippen molar-refractivity contribution in [2.24, 2.45) is 0 Å². The molecule has 2 N–H and O–H groups in total. The molecular weight excluding hydrogens is 246 g/mol. The monoisotopic (exact) mass is 261 g/mol. The first-order valence-corrected chi connectivity index (χ1v) is 6.25. The summed E-state index contributed by atoms with van der Waals surface area (Å²) < 4.78 is 0. The topological polar surface area (TPSA) is 99.2 Å². The molecule has 0 heterocycles. The van der Waals surface area contributed by atoms with Crippen LogP contribution < -0.4 is 5.32 Å². The zero-order valence-electron chi connectivity index (χ0n) is 10.4. The van der Waals surface area contributed by atoms with Gasteiger partial charge in [0.1, 0.15) is 11.6 Å². The summed E-state index contributed by atoms with van der Waals surface area (Å²) in [5, 5.41) is 32.7. The number of nitrogens with zero attached hydrogens (tertiary/aromatic N) is 2. The normalized spacial score (nSPS) is 22.5. The van der Waals surface area contributed by atoms with E-state index in [1.165, 1.54) is 12.1 Å². The number of benzene rings is 1. The van der Waals surface area contributed by atoms with Gasteiger partial charge in [-0.3, -0.25) is 10.1 Å². The van der Waals surface area contributed by atoms with Gasteiger partial charge in [0.05, 0.1) is 17.1 Å². The second-order valence-electron chi connectivity index (χ2n) is 4.70. The van der Waals surface area contributed by atoms with E-state index < -0.39 is 11.0 Å². The number of anilines is 1. The quantitative estimate of drug-likeness (QED) is 0.641. The van der Waals surface area contributed by atoms with Gasteiger partial charge in [-0.2, -0.15) is 5.26 Å². The van der Waals surface area contributed by atoms with Crippen molar-refractivity contribution in [3.8, 4) is 6.07 Å². The first-order chi connectivity index (χ1) is 9.11. The predicted molar refractivity (Wildman–Crippen MR) is 69.7 cm³/mol. The lowest BCUT2D eigenvalue weighted by molar-refractivity contribution is -0.385. The summed E-state index contributed by atoms with van der Waals surface area (Å²) in [5.41, 5.74) is 0.464. The minimum Gasteiger partial charge on any atom is -0.391 e. The Kier molecular flexibility index (Phi) is 3.97. The molecule has 19 heavy (non-hydrogen) atoms. The highest BCUT2D eigenvalue weighted by Crippen LogP contribution is 2.25. The Morgan fingerprint density at radius 2 is 2.16 bits per heavy atom. The van der Waals surface area contributed by atoms with Gasteiger partial charge in [0.25, 0.3) is 5.69 Å². The highest BCUT2D eigenvalue weighted by molar-refractivity contribution is 5.59. The summed E-state index contributed by atoms with van der Waals surface area (Å²) in [7, 11) is 0. The van der Waals surface area contributed by atoms with Gasteiger partial charge in [0, 0.05) is 11.8 Å². The largest absolute Gasteiger partial charge is 0.391 e. The molecule has 6 heteroatoms. The van der Waals surface area contributed by atoms with Gasteiger partial charge >= 0.3 is 0 Å². The molecule has 2 rings (SSSR count). The van der Waals surface area contributed by atoms with Crippen LogP contribution in [0.25, 0.3) is 0 Å². The highest BCUT2D eigenvalue weighted by atomic mass is 16.6. The summed E-state index contributed by atoms with van der Waals surface area (Å²) in [5.74, 6) is 0. The third-order valence-corrected chi connectivity index (χ3v) is 3.40. The smallest absolute Gasteiger partial charge is 0.287 e. The van der Waals surface area contributed by atoms with Crippen LogP contribution >= 0.6 is 0 Å². The van der Waals surface area contributed by atoms with Crippen LogP contribution in [0.2, 0.25) is 0 Å². The van der Waals surface area contributed by atoms with Gasteiger partial charge in [0.2, 0.25) is 0 Å². The second kappa shape index (κ2) is 5.67. The number of nitrogens with one attached hydrogen (secondary N) is 1. The Labute approximate surface area is 110 Å². The first kappa shape index (κ1) is 13.3. The number of aliphatic hydroxyl groups excluding tert-OH is 1. The van der Waals surface area contributed by atoms with Gasteiger partial charge in [-0.05, 0) is 25.0 Å². The summed E-state index contributed by atoms with van der Waals surface area (Å²) in [4.78, 5) is 10.2. The average Bonchev–Trinajstić information content (AvgIpc) is 2.41. The molecule has 1 aliphatic rings. The minimum absolute atomic E-state index is 0.0281. The maximum absolute atomic E-state index is 10.7. The zero-order chi connectivity index (χ0) is 13.8. The van der Waals surface area contributed by atoms with Gasteiger partial charge in [-0.15, -0.1) is 0 Å². The standard InChI is InChI=1S/C13H15N3O3/c14-8-9-7-10(5-6-12(9)16(18)19)15-11-3-1-2-4-13(11)17/h5-7,11,13,15,17H,1-4H2. The van der Waals surface area contributed by atoms with Crippen LogP contribution in [-0.4, -0.2) is 22.2 Å². The van der Waals surface area contributed by atoms with E-state index in [9.17, 15) is 15.2 Å². The second-order valence-corrected chi connectivity index (χ2v) is 4.70. The minimum atomic E-state index is -0.572. The SMILES string of the molecule is N#Cc1cc(NC2CCCCC2O)ccc1[N+](=O)[O-]. The van der Waals surface area contributed by atoms with Crippen LogP contribution in [0.4, 0.5) is 11.4 Å². The van der Waals surface area contributed by atoms with Gasteiger partial charge < -0.3 is 10.4 Å². The molecule has 0 radical (unpaired) electrons. The number of nitriles is 1. The molecule has 1 aliphatic carbocycles. The molecule has 2 unspecified atom stereocenters. The number of rotatable bonds is 3. The molecule has 0 spiro atoms. The number of nitro groups is 1.